The Morgan fingerprint density at radius 3 is 2.55 bits per heavy atom. The van der Waals surface area contributed by atoms with Gasteiger partial charge < -0.3 is 9.80 Å². The molecule has 1 aromatic carbocycles. The zero-order valence-corrected chi connectivity index (χ0v) is 16.5. The van der Waals surface area contributed by atoms with Gasteiger partial charge in [-0.3, -0.25) is 4.79 Å². The minimum Gasteiger partial charge on any atom is -0.350 e. The minimum absolute atomic E-state index is 0.136. The number of rotatable bonds is 2. The highest BCUT2D eigenvalue weighted by Gasteiger charge is 2.45. The van der Waals surface area contributed by atoms with Gasteiger partial charge in [0.1, 0.15) is 5.82 Å². The molecule has 0 spiro atoms. The Hall–Kier alpha value is -2.28. The normalized spacial score (nSPS) is 19.8. The molecule has 1 atom stereocenters. The molecule has 1 aromatic heterocycles. The second-order valence-electron chi connectivity index (χ2n) is 7.56. The van der Waals surface area contributed by atoms with E-state index in [2.05, 4.69) is 4.98 Å². The van der Waals surface area contributed by atoms with Gasteiger partial charge in [0.05, 0.1) is 16.5 Å². The number of carbonyl (C=O) groups excluding carboxylic acids is 1. The highest BCUT2D eigenvalue weighted by atomic mass is 35.5. The Morgan fingerprint density at radius 1 is 1.14 bits per heavy atom. The van der Waals surface area contributed by atoms with Gasteiger partial charge in [-0.2, -0.15) is 13.2 Å². The maximum atomic E-state index is 13.7. The standard InChI is InChI=1S/C21H21ClF3N3O/c22-18-10-15(20(29)27-8-4-1-5-9-27)11-26-19(18)28-12-14-6-2-3-7-16(14)17(13-28)21(23,24)25/h2-3,6-7,10-11,17H,1,4-5,8-9,12-13H2. The summed E-state index contributed by atoms with van der Waals surface area (Å²) in [5.41, 5.74) is 1.27. The molecule has 0 N–H and O–H groups in total. The average molecular weight is 424 g/mol. The van der Waals surface area contributed by atoms with Crippen molar-refractivity contribution in [3.63, 3.8) is 0 Å². The topological polar surface area (TPSA) is 36.4 Å². The van der Waals surface area contributed by atoms with E-state index in [1.54, 1.807) is 23.1 Å². The second kappa shape index (κ2) is 7.86. The van der Waals surface area contributed by atoms with Gasteiger partial charge in [0.25, 0.3) is 5.91 Å². The number of alkyl halides is 3. The zero-order chi connectivity index (χ0) is 20.6. The Bertz CT molecular complexity index is 912. The number of aromatic nitrogens is 1. The van der Waals surface area contributed by atoms with Gasteiger partial charge in [0.2, 0.25) is 0 Å². The van der Waals surface area contributed by atoms with E-state index < -0.39 is 12.1 Å². The van der Waals surface area contributed by atoms with Crippen LogP contribution in [0, 0.1) is 0 Å². The maximum absolute atomic E-state index is 13.7. The Labute approximate surface area is 172 Å². The summed E-state index contributed by atoms with van der Waals surface area (Å²) < 4.78 is 41.0. The number of anilines is 1. The van der Waals surface area contributed by atoms with Crippen LogP contribution in [0.4, 0.5) is 19.0 Å². The van der Waals surface area contributed by atoms with Gasteiger partial charge in [-0.05, 0) is 36.5 Å². The number of likely N-dealkylation sites (tertiary alicyclic amines) is 1. The molecule has 0 radical (unpaired) electrons. The van der Waals surface area contributed by atoms with Gasteiger partial charge >= 0.3 is 6.18 Å². The van der Waals surface area contributed by atoms with Crippen LogP contribution >= 0.6 is 11.6 Å². The van der Waals surface area contributed by atoms with Crippen LogP contribution in [0.5, 0.6) is 0 Å². The average Bonchev–Trinajstić information content (AvgIpc) is 2.72. The lowest BCUT2D eigenvalue weighted by Gasteiger charge is -2.36. The number of nitrogens with zero attached hydrogens (tertiary/aromatic N) is 3. The monoisotopic (exact) mass is 423 g/mol. The molecule has 8 heteroatoms. The fourth-order valence-corrected chi connectivity index (χ4v) is 4.39. The highest BCUT2D eigenvalue weighted by molar-refractivity contribution is 6.33. The van der Waals surface area contributed by atoms with Crippen LogP contribution in [0.15, 0.2) is 36.5 Å². The highest BCUT2D eigenvalue weighted by Crippen LogP contribution is 2.42. The van der Waals surface area contributed by atoms with E-state index in [0.717, 1.165) is 19.3 Å². The molecule has 2 aliphatic heterocycles. The van der Waals surface area contributed by atoms with E-state index in [1.807, 2.05) is 0 Å². The lowest BCUT2D eigenvalue weighted by Crippen LogP contribution is -2.40. The predicted octanol–water partition coefficient (Wildman–Crippen LogP) is 5.03. The first-order valence-electron chi connectivity index (χ1n) is 9.69. The van der Waals surface area contributed by atoms with Crippen LogP contribution in [0.25, 0.3) is 0 Å². The fourth-order valence-electron chi connectivity index (χ4n) is 4.11. The molecule has 1 unspecified atom stereocenters. The summed E-state index contributed by atoms with van der Waals surface area (Å²) in [6.07, 6.45) is 0.0964. The first-order valence-corrected chi connectivity index (χ1v) is 10.1. The van der Waals surface area contributed by atoms with Gasteiger partial charge in [0.15, 0.2) is 0 Å². The van der Waals surface area contributed by atoms with Crippen molar-refractivity contribution in [1.82, 2.24) is 9.88 Å². The van der Waals surface area contributed by atoms with Crippen LogP contribution in [0.1, 0.15) is 46.7 Å². The second-order valence-corrected chi connectivity index (χ2v) is 7.96. The molecule has 1 amide bonds. The van der Waals surface area contributed by atoms with Crippen molar-refractivity contribution in [1.29, 1.82) is 0 Å². The fraction of sp³-hybridized carbons (Fsp3) is 0.429. The van der Waals surface area contributed by atoms with E-state index in [4.69, 9.17) is 11.6 Å². The van der Waals surface area contributed by atoms with Crippen LogP contribution < -0.4 is 4.90 Å². The van der Waals surface area contributed by atoms with E-state index in [-0.39, 0.29) is 29.8 Å². The summed E-state index contributed by atoms with van der Waals surface area (Å²) in [4.78, 5) is 20.2. The smallest absolute Gasteiger partial charge is 0.350 e. The molecular formula is C21H21ClF3N3O. The number of hydrogen-bond donors (Lipinski definition) is 0. The van der Waals surface area contributed by atoms with Crippen molar-refractivity contribution in [2.45, 2.75) is 37.9 Å². The molecule has 2 aliphatic rings. The van der Waals surface area contributed by atoms with E-state index in [9.17, 15) is 18.0 Å². The first-order chi connectivity index (χ1) is 13.8. The van der Waals surface area contributed by atoms with Crippen molar-refractivity contribution < 1.29 is 18.0 Å². The number of amides is 1. The molecule has 29 heavy (non-hydrogen) atoms. The van der Waals surface area contributed by atoms with Gasteiger partial charge in [0, 0.05) is 32.4 Å². The molecule has 3 heterocycles. The van der Waals surface area contributed by atoms with Crippen LogP contribution in [0.3, 0.4) is 0 Å². The number of halogens is 4. The largest absolute Gasteiger partial charge is 0.397 e. The van der Waals surface area contributed by atoms with Crippen molar-refractivity contribution in [2.75, 3.05) is 24.5 Å². The number of fused-ring (bicyclic) bond motifs is 1. The third-order valence-electron chi connectivity index (χ3n) is 5.60. The Balaban J connectivity index is 1.61. The summed E-state index contributed by atoms with van der Waals surface area (Å²) in [6.45, 7) is 1.43. The lowest BCUT2D eigenvalue weighted by atomic mass is 9.89. The zero-order valence-electron chi connectivity index (χ0n) is 15.8. The quantitative estimate of drug-likeness (QED) is 0.680. The summed E-state index contributed by atoms with van der Waals surface area (Å²) in [7, 11) is 0. The van der Waals surface area contributed by atoms with Crippen molar-refractivity contribution in [3.05, 3.63) is 58.2 Å². The lowest BCUT2D eigenvalue weighted by molar-refractivity contribution is -0.149. The van der Waals surface area contributed by atoms with Crippen molar-refractivity contribution in [2.24, 2.45) is 0 Å². The number of hydrogen-bond acceptors (Lipinski definition) is 3. The number of benzene rings is 1. The minimum atomic E-state index is -4.37. The molecule has 4 rings (SSSR count). The van der Waals surface area contributed by atoms with Crippen LogP contribution in [0.2, 0.25) is 5.02 Å². The summed E-state index contributed by atoms with van der Waals surface area (Å²) in [5, 5.41) is 0.188. The Kier molecular flexibility index (Phi) is 5.42. The molecule has 0 aliphatic carbocycles. The van der Waals surface area contributed by atoms with E-state index in [1.165, 1.54) is 23.2 Å². The molecule has 154 valence electrons. The van der Waals surface area contributed by atoms with Crippen LogP contribution in [-0.4, -0.2) is 41.6 Å². The molecule has 1 saturated heterocycles. The molecule has 2 aromatic rings. The Morgan fingerprint density at radius 2 is 1.86 bits per heavy atom. The molecule has 0 saturated carbocycles. The van der Waals surface area contributed by atoms with E-state index in [0.29, 0.717) is 29.8 Å². The number of carbonyl (C=O) groups is 1. The maximum Gasteiger partial charge on any atom is 0.397 e. The third-order valence-corrected chi connectivity index (χ3v) is 5.88. The number of pyridine rings is 1. The summed E-state index contributed by atoms with van der Waals surface area (Å²) >= 11 is 6.38. The summed E-state index contributed by atoms with van der Waals surface area (Å²) in [6, 6.07) is 8.09. The van der Waals surface area contributed by atoms with Crippen molar-refractivity contribution >= 4 is 23.3 Å². The molecule has 1 fully saturated rings. The predicted molar refractivity (Wildman–Crippen MR) is 105 cm³/mol. The molecule has 0 bridgehead atoms. The SMILES string of the molecule is O=C(c1cnc(N2Cc3ccccc3C(C(F)(F)F)C2)c(Cl)c1)N1CCCCC1. The van der Waals surface area contributed by atoms with Gasteiger partial charge in [-0.25, -0.2) is 4.98 Å². The first kappa shape index (κ1) is 20.0. The van der Waals surface area contributed by atoms with Gasteiger partial charge in [-0.15, -0.1) is 0 Å². The summed E-state index contributed by atoms with van der Waals surface area (Å²) in [5.74, 6) is -1.48. The third kappa shape index (κ3) is 4.06. The van der Waals surface area contributed by atoms with Crippen LogP contribution in [-0.2, 0) is 6.54 Å². The van der Waals surface area contributed by atoms with Crippen molar-refractivity contribution in [3.8, 4) is 0 Å². The van der Waals surface area contributed by atoms with E-state index >= 15 is 0 Å². The molecular weight excluding hydrogens is 403 g/mol. The van der Waals surface area contributed by atoms with Gasteiger partial charge in [-0.1, -0.05) is 35.9 Å². The molecule has 4 nitrogen and oxygen atoms in total. The number of piperidine rings is 1.